The highest BCUT2D eigenvalue weighted by molar-refractivity contribution is 6.37. The van der Waals surface area contributed by atoms with Crippen LogP contribution in [0.2, 0.25) is 10.0 Å². The SMILES string of the molecule is CCC[NH+](CC1CC1)C[C@@H](O)COc1c(Cl)cccc1Cl. The Balaban J connectivity index is 1.81. The van der Waals surface area contributed by atoms with Crippen LogP contribution in [0, 0.1) is 5.92 Å². The number of hydrogen-bond donors (Lipinski definition) is 2. The van der Waals surface area contributed by atoms with Gasteiger partial charge in [-0.25, -0.2) is 0 Å². The van der Waals surface area contributed by atoms with E-state index in [0.29, 0.717) is 22.3 Å². The first-order chi connectivity index (χ1) is 10.1. The molecular formula is C16H24Cl2NO2+. The first kappa shape index (κ1) is 16.9. The van der Waals surface area contributed by atoms with Crippen LogP contribution in [0.4, 0.5) is 0 Å². The summed E-state index contributed by atoms with van der Waals surface area (Å²) in [6.07, 6.45) is 3.31. The molecule has 1 aromatic carbocycles. The second-order valence-electron chi connectivity index (χ2n) is 5.87. The van der Waals surface area contributed by atoms with Gasteiger partial charge in [0, 0.05) is 5.92 Å². The molecule has 0 bridgehead atoms. The number of ether oxygens (including phenoxy) is 1. The number of rotatable bonds is 9. The van der Waals surface area contributed by atoms with Crippen molar-refractivity contribution < 1.29 is 14.7 Å². The standard InChI is InChI=1S/C16H23Cl2NO2/c1-2-8-19(9-12-6-7-12)10-13(20)11-21-16-14(17)4-3-5-15(16)18/h3-5,12-13,20H,2,6-11H2,1H3/p+1/t13-/m1/s1. The van der Waals surface area contributed by atoms with Gasteiger partial charge in [0.25, 0.3) is 0 Å². The molecule has 0 spiro atoms. The summed E-state index contributed by atoms with van der Waals surface area (Å²) in [7, 11) is 0. The van der Waals surface area contributed by atoms with Crippen LogP contribution in [0.1, 0.15) is 26.2 Å². The molecule has 2 rings (SSSR count). The lowest BCUT2D eigenvalue weighted by atomic mass is 10.2. The van der Waals surface area contributed by atoms with E-state index in [9.17, 15) is 5.11 Å². The van der Waals surface area contributed by atoms with Gasteiger partial charge in [0.05, 0.1) is 23.1 Å². The molecule has 1 aliphatic rings. The minimum atomic E-state index is -0.502. The van der Waals surface area contributed by atoms with E-state index >= 15 is 0 Å². The Morgan fingerprint density at radius 1 is 1.33 bits per heavy atom. The topological polar surface area (TPSA) is 33.9 Å². The van der Waals surface area contributed by atoms with Gasteiger partial charge >= 0.3 is 0 Å². The predicted molar refractivity (Wildman–Crippen MR) is 86.5 cm³/mol. The Labute approximate surface area is 136 Å². The molecule has 0 saturated heterocycles. The number of nitrogens with one attached hydrogen (secondary N) is 1. The number of halogens is 2. The Bertz CT molecular complexity index is 432. The highest BCUT2D eigenvalue weighted by Gasteiger charge is 2.28. The lowest BCUT2D eigenvalue weighted by Gasteiger charge is -2.22. The van der Waals surface area contributed by atoms with Crippen LogP contribution in [0.15, 0.2) is 18.2 Å². The molecule has 1 fully saturated rings. The van der Waals surface area contributed by atoms with Crippen molar-refractivity contribution >= 4 is 23.2 Å². The van der Waals surface area contributed by atoms with Crippen LogP contribution in [0.3, 0.4) is 0 Å². The fourth-order valence-electron chi connectivity index (χ4n) is 2.56. The van der Waals surface area contributed by atoms with Crippen molar-refractivity contribution in [2.45, 2.75) is 32.3 Å². The Kier molecular flexibility index (Phi) is 6.62. The molecule has 21 heavy (non-hydrogen) atoms. The summed E-state index contributed by atoms with van der Waals surface area (Å²) < 4.78 is 5.60. The van der Waals surface area contributed by atoms with Crippen molar-refractivity contribution in [2.75, 3.05) is 26.2 Å². The quantitative estimate of drug-likeness (QED) is 0.728. The highest BCUT2D eigenvalue weighted by Crippen LogP contribution is 2.32. The van der Waals surface area contributed by atoms with Crippen molar-refractivity contribution in [2.24, 2.45) is 5.92 Å². The zero-order valence-corrected chi connectivity index (χ0v) is 14.0. The van der Waals surface area contributed by atoms with Gasteiger partial charge in [0.2, 0.25) is 0 Å². The second-order valence-corrected chi connectivity index (χ2v) is 6.68. The minimum Gasteiger partial charge on any atom is -0.488 e. The van der Waals surface area contributed by atoms with Crippen LogP contribution in [0.5, 0.6) is 5.75 Å². The first-order valence-electron chi connectivity index (χ1n) is 7.68. The maximum atomic E-state index is 10.2. The summed E-state index contributed by atoms with van der Waals surface area (Å²) >= 11 is 12.1. The van der Waals surface area contributed by atoms with Gasteiger partial charge in [-0.05, 0) is 31.4 Å². The molecular weight excluding hydrogens is 309 g/mol. The van der Waals surface area contributed by atoms with E-state index in [1.165, 1.54) is 17.7 Å². The average molecular weight is 333 g/mol. The molecule has 3 nitrogen and oxygen atoms in total. The van der Waals surface area contributed by atoms with Gasteiger partial charge in [-0.1, -0.05) is 36.2 Å². The molecule has 0 radical (unpaired) electrons. The second kappa shape index (κ2) is 8.23. The molecule has 1 saturated carbocycles. The monoisotopic (exact) mass is 332 g/mol. The van der Waals surface area contributed by atoms with Gasteiger partial charge in [0.15, 0.2) is 5.75 Å². The summed E-state index contributed by atoms with van der Waals surface area (Å²) in [5, 5.41) is 11.1. The molecule has 0 heterocycles. The van der Waals surface area contributed by atoms with Crippen LogP contribution < -0.4 is 9.64 Å². The summed E-state index contributed by atoms with van der Waals surface area (Å²) in [5.41, 5.74) is 0. The third kappa shape index (κ3) is 5.67. The zero-order valence-electron chi connectivity index (χ0n) is 12.4. The number of hydrogen-bond acceptors (Lipinski definition) is 2. The lowest BCUT2D eigenvalue weighted by Crippen LogP contribution is -3.13. The summed E-state index contributed by atoms with van der Waals surface area (Å²) in [6, 6.07) is 5.24. The van der Waals surface area contributed by atoms with E-state index in [1.54, 1.807) is 18.2 Å². The predicted octanol–water partition coefficient (Wildman–Crippen LogP) is 2.44. The van der Waals surface area contributed by atoms with Crippen molar-refractivity contribution in [1.29, 1.82) is 0 Å². The smallest absolute Gasteiger partial charge is 0.156 e. The molecule has 1 aromatic rings. The van der Waals surface area contributed by atoms with Gasteiger partial charge in [-0.3, -0.25) is 0 Å². The molecule has 118 valence electrons. The van der Waals surface area contributed by atoms with Crippen LogP contribution in [0.25, 0.3) is 0 Å². The number of para-hydroxylation sites is 1. The fourth-order valence-corrected chi connectivity index (χ4v) is 3.07. The largest absolute Gasteiger partial charge is 0.488 e. The Morgan fingerprint density at radius 3 is 2.57 bits per heavy atom. The van der Waals surface area contributed by atoms with E-state index in [-0.39, 0.29) is 6.61 Å². The Morgan fingerprint density at radius 2 is 2.00 bits per heavy atom. The first-order valence-corrected chi connectivity index (χ1v) is 8.44. The van der Waals surface area contributed by atoms with Crippen LogP contribution >= 0.6 is 23.2 Å². The molecule has 2 N–H and O–H groups in total. The van der Waals surface area contributed by atoms with Crippen molar-refractivity contribution in [3.8, 4) is 5.75 Å². The average Bonchev–Trinajstić information content (AvgIpc) is 3.22. The number of aliphatic hydroxyl groups is 1. The van der Waals surface area contributed by atoms with E-state index in [0.717, 1.165) is 25.4 Å². The van der Waals surface area contributed by atoms with Crippen molar-refractivity contribution in [3.63, 3.8) is 0 Å². The van der Waals surface area contributed by atoms with Gasteiger partial charge in [-0.2, -0.15) is 0 Å². The van der Waals surface area contributed by atoms with Gasteiger partial charge in [-0.15, -0.1) is 0 Å². The molecule has 1 aliphatic carbocycles. The molecule has 1 unspecified atom stereocenters. The summed E-state index contributed by atoms with van der Waals surface area (Å²) in [4.78, 5) is 1.46. The molecule has 0 aliphatic heterocycles. The van der Waals surface area contributed by atoms with Crippen LogP contribution in [-0.2, 0) is 0 Å². The minimum absolute atomic E-state index is 0.224. The number of aliphatic hydroxyl groups excluding tert-OH is 1. The van der Waals surface area contributed by atoms with Crippen molar-refractivity contribution in [1.82, 2.24) is 0 Å². The summed E-state index contributed by atoms with van der Waals surface area (Å²) in [6.45, 7) is 5.38. The number of quaternary nitrogens is 1. The third-order valence-electron chi connectivity index (χ3n) is 3.74. The molecule has 0 amide bonds. The third-order valence-corrected chi connectivity index (χ3v) is 4.34. The lowest BCUT2D eigenvalue weighted by molar-refractivity contribution is -0.905. The van der Waals surface area contributed by atoms with E-state index in [4.69, 9.17) is 27.9 Å². The normalized spacial score (nSPS) is 17.5. The molecule has 5 heteroatoms. The maximum Gasteiger partial charge on any atom is 0.156 e. The van der Waals surface area contributed by atoms with Gasteiger partial charge in [0.1, 0.15) is 19.3 Å². The molecule has 0 aromatic heterocycles. The van der Waals surface area contributed by atoms with Crippen molar-refractivity contribution in [3.05, 3.63) is 28.2 Å². The van der Waals surface area contributed by atoms with Crippen LogP contribution in [-0.4, -0.2) is 37.5 Å². The van der Waals surface area contributed by atoms with Gasteiger partial charge < -0.3 is 14.7 Å². The number of benzene rings is 1. The van der Waals surface area contributed by atoms with E-state index < -0.39 is 6.10 Å². The Hall–Kier alpha value is -0.480. The fraction of sp³-hybridized carbons (Fsp3) is 0.625. The highest BCUT2D eigenvalue weighted by atomic mass is 35.5. The van der Waals surface area contributed by atoms with E-state index in [2.05, 4.69) is 6.92 Å². The summed E-state index contributed by atoms with van der Waals surface area (Å²) in [5.74, 6) is 1.32. The molecule has 2 atom stereocenters. The zero-order chi connectivity index (χ0) is 15.2. The maximum absolute atomic E-state index is 10.2. The van der Waals surface area contributed by atoms with E-state index in [1.807, 2.05) is 0 Å².